The second kappa shape index (κ2) is 5.84. The maximum atomic E-state index is 6.01. The van der Waals surface area contributed by atoms with Crippen molar-refractivity contribution >= 4 is 5.69 Å². The van der Waals surface area contributed by atoms with Crippen molar-refractivity contribution in [2.45, 2.75) is 33.0 Å². The molecule has 0 radical (unpaired) electrons. The molecule has 2 aromatic rings. The van der Waals surface area contributed by atoms with Gasteiger partial charge in [-0.1, -0.05) is 23.4 Å². The van der Waals surface area contributed by atoms with E-state index in [9.17, 15) is 0 Å². The lowest BCUT2D eigenvalue weighted by Gasteiger charge is -2.26. The van der Waals surface area contributed by atoms with Gasteiger partial charge in [-0.05, 0) is 25.5 Å². The van der Waals surface area contributed by atoms with Gasteiger partial charge in [0.2, 0.25) is 0 Å². The van der Waals surface area contributed by atoms with Crippen LogP contribution in [0, 0.1) is 0 Å². The SMILES string of the molecule is CC(C)N(Cc1cn(C)nn1)Cc1ccccc1N. The molecule has 1 aromatic heterocycles. The van der Waals surface area contributed by atoms with Crippen LogP contribution < -0.4 is 5.73 Å². The van der Waals surface area contributed by atoms with Crippen LogP contribution in [0.5, 0.6) is 0 Å². The molecule has 5 heteroatoms. The number of aryl methyl sites for hydroxylation is 1. The Bertz CT molecular complexity index is 532. The number of hydrogen-bond acceptors (Lipinski definition) is 4. The summed E-state index contributed by atoms with van der Waals surface area (Å²) in [6.45, 7) is 5.95. The Morgan fingerprint density at radius 2 is 2.00 bits per heavy atom. The zero-order valence-electron chi connectivity index (χ0n) is 11.7. The Morgan fingerprint density at radius 3 is 2.58 bits per heavy atom. The van der Waals surface area contributed by atoms with Gasteiger partial charge < -0.3 is 5.73 Å². The molecular formula is C14H21N5. The molecule has 0 bridgehead atoms. The van der Waals surface area contributed by atoms with E-state index in [1.165, 1.54) is 0 Å². The van der Waals surface area contributed by atoms with Crippen molar-refractivity contribution in [3.63, 3.8) is 0 Å². The maximum Gasteiger partial charge on any atom is 0.0967 e. The van der Waals surface area contributed by atoms with Gasteiger partial charge >= 0.3 is 0 Å². The van der Waals surface area contributed by atoms with E-state index >= 15 is 0 Å². The second-order valence-corrected chi connectivity index (χ2v) is 5.08. The fourth-order valence-corrected chi connectivity index (χ4v) is 1.99. The summed E-state index contributed by atoms with van der Waals surface area (Å²) in [5.74, 6) is 0. The van der Waals surface area contributed by atoms with Crippen LogP contribution in [0.3, 0.4) is 0 Å². The Balaban J connectivity index is 2.11. The van der Waals surface area contributed by atoms with Gasteiger partial charge in [-0.2, -0.15) is 0 Å². The van der Waals surface area contributed by atoms with Gasteiger partial charge in [0.15, 0.2) is 0 Å². The van der Waals surface area contributed by atoms with Crippen LogP contribution in [-0.4, -0.2) is 25.9 Å². The third kappa shape index (κ3) is 3.54. The van der Waals surface area contributed by atoms with Crippen molar-refractivity contribution in [1.29, 1.82) is 0 Å². The molecule has 102 valence electrons. The highest BCUT2D eigenvalue weighted by Crippen LogP contribution is 2.16. The summed E-state index contributed by atoms with van der Waals surface area (Å²) < 4.78 is 1.73. The van der Waals surface area contributed by atoms with Crippen molar-refractivity contribution in [3.8, 4) is 0 Å². The first-order valence-corrected chi connectivity index (χ1v) is 6.49. The fourth-order valence-electron chi connectivity index (χ4n) is 1.99. The molecule has 0 unspecified atom stereocenters. The third-order valence-electron chi connectivity index (χ3n) is 3.17. The molecule has 0 saturated heterocycles. The van der Waals surface area contributed by atoms with Crippen LogP contribution in [0.15, 0.2) is 30.5 Å². The topological polar surface area (TPSA) is 60.0 Å². The summed E-state index contributed by atoms with van der Waals surface area (Å²) in [5.41, 5.74) is 8.98. The van der Waals surface area contributed by atoms with Gasteiger partial charge in [0, 0.05) is 38.1 Å². The molecule has 1 heterocycles. The molecule has 0 atom stereocenters. The van der Waals surface area contributed by atoms with E-state index in [0.717, 1.165) is 30.0 Å². The van der Waals surface area contributed by atoms with Crippen molar-refractivity contribution < 1.29 is 0 Å². The first kappa shape index (κ1) is 13.5. The molecule has 2 N–H and O–H groups in total. The monoisotopic (exact) mass is 259 g/mol. The number of rotatable bonds is 5. The van der Waals surface area contributed by atoms with Crippen molar-refractivity contribution in [2.75, 3.05) is 5.73 Å². The fraction of sp³-hybridized carbons (Fsp3) is 0.429. The molecule has 0 fully saturated rings. The number of anilines is 1. The largest absolute Gasteiger partial charge is 0.398 e. The van der Waals surface area contributed by atoms with E-state index in [-0.39, 0.29) is 0 Å². The number of nitrogens with two attached hydrogens (primary N) is 1. The maximum absolute atomic E-state index is 6.01. The standard InChI is InChI=1S/C14H21N5/c1-11(2)19(10-13-9-18(3)17-16-13)8-12-6-4-5-7-14(12)15/h4-7,9,11H,8,10,15H2,1-3H3. The number of nitrogen functional groups attached to an aromatic ring is 1. The van der Waals surface area contributed by atoms with Crippen LogP contribution in [-0.2, 0) is 20.1 Å². The summed E-state index contributed by atoms with van der Waals surface area (Å²) in [6.07, 6.45) is 1.95. The third-order valence-corrected chi connectivity index (χ3v) is 3.17. The predicted molar refractivity (Wildman–Crippen MR) is 76.2 cm³/mol. The Kier molecular flexibility index (Phi) is 4.16. The summed E-state index contributed by atoms with van der Waals surface area (Å²) in [6, 6.07) is 8.41. The molecule has 0 aliphatic carbocycles. The van der Waals surface area contributed by atoms with Gasteiger partial charge in [-0.3, -0.25) is 9.58 Å². The minimum atomic E-state index is 0.418. The lowest BCUT2D eigenvalue weighted by atomic mass is 10.1. The molecule has 0 amide bonds. The summed E-state index contributed by atoms with van der Waals surface area (Å²) in [4.78, 5) is 2.33. The van der Waals surface area contributed by atoms with Crippen molar-refractivity contribution in [2.24, 2.45) is 7.05 Å². The van der Waals surface area contributed by atoms with E-state index in [1.807, 2.05) is 31.4 Å². The first-order chi connectivity index (χ1) is 9.06. The highest BCUT2D eigenvalue weighted by atomic mass is 15.4. The molecule has 0 aliphatic rings. The lowest BCUT2D eigenvalue weighted by molar-refractivity contribution is 0.201. The number of aromatic nitrogens is 3. The van der Waals surface area contributed by atoms with Crippen LogP contribution in [0.4, 0.5) is 5.69 Å². The van der Waals surface area contributed by atoms with Crippen LogP contribution in [0.2, 0.25) is 0 Å². The van der Waals surface area contributed by atoms with Crippen molar-refractivity contribution in [1.82, 2.24) is 19.9 Å². The molecule has 19 heavy (non-hydrogen) atoms. The van der Waals surface area contributed by atoms with Gasteiger partial charge in [-0.25, -0.2) is 0 Å². The number of nitrogens with zero attached hydrogens (tertiary/aromatic N) is 4. The van der Waals surface area contributed by atoms with Gasteiger partial charge in [-0.15, -0.1) is 5.10 Å². The molecule has 0 saturated carbocycles. The van der Waals surface area contributed by atoms with E-state index in [2.05, 4.69) is 35.1 Å². The normalized spacial score (nSPS) is 11.4. The smallest absolute Gasteiger partial charge is 0.0967 e. The van der Waals surface area contributed by atoms with Crippen molar-refractivity contribution in [3.05, 3.63) is 41.7 Å². The number of hydrogen-bond donors (Lipinski definition) is 1. The molecular weight excluding hydrogens is 238 g/mol. The van der Waals surface area contributed by atoms with Gasteiger partial charge in [0.05, 0.1) is 5.69 Å². The molecule has 0 spiro atoms. The van der Waals surface area contributed by atoms with E-state index < -0.39 is 0 Å². The Morgan fingerprint density at radius 1 is 1.26 bits per heavy atom. The molecule has 1 aromatic carbocycles. The van der Waals surface area contributed by atoms with Gasteiger partial charge in [0.25, 0.3) is 0 Å². The highest BCUT2D eigenvalue weighted by Gasteiger charge is 2.13. The molecule has 0 aliphatic heterocycles. The van der Waals surface area contributed by atoms with Crippen LogP contribution in [0.1, 0.15) is 25.1 Å². The number of benzene rings is 1. The second-order valence-electron chi connectivity index (χ2n) is 5.08. The zero-order chi connectivity index (χ0) is 13.8. The first-order valence-electron chi connectivity index (χ1n) is 6.49. The predicted octanol–water partition coefficient (Wildman–Crippen LogP) is 1.81. The minimum Gasteiger partial charge on any atom is -0.398 e. The average molecular weight is 259 g/mol. The minimum absolute atomic E-state index is 0.418. The van der Waals surface area contributed by atoms with Crippen LogP contribution in [0.25, 0.3) is 0 Å². The number of para-hydroxylation sites is 1. The van der Waals surface area contributed by atoms with Crippen LogP contribution >= 0.6 is 0 Å². The average Bonchev–Trinajstić information content (AvgIpc) is 2.76. The lowest BCUT2D eigenvalue weighted by Crippen LogP contribution is -2.30. The van der Waals surface area contributed by atoms with E-state index in [0.29, 0.717) is 6.04 Å². The quantitative estimate of drug-likeness (QED) is 0.832. The Hall–Kier alpha value is -1.88. The Labute approximate surface area is 114 Å². The summed E-state index contributed by atoms with van der Waals surface area (Å²) in [7, 11) is 1.88. The summed E-state index contributed by atoms with van der Waals surface area (Å²) in [5, 5.41) is 8.11. The van der Waals surface area contributed by atoms with Gasteiger partial charge in [0.1, 0.15) is 0 Å². The molecule has 2 rings (SSSR count). The zero-order valence-corrected chi connectivity index (χ0v) is 11.7. The summed E-state index contributed by atoms with van der Waals surface area (Å²) >= 11 is 0. The van der Waals surface area contributed by atoms with E-state index in [1.54, 1.807) is 4.68 Å². The highest BCUT2D eigenvalue weighted by molar-refractivity contribution is 5.46. The van der Waals surface area contributed by atoms with E-state index in [4.69, 9.17) is 5.73 Å². The molecule has 5 nitrogen and oxygen atoms in total.